The highest BCUT2D eigenvalue weighted by molar-refractivity contribution is 5.79. The van der Waals surface area contributed by atoms with Crippen LogP contribution in [0.2, 0.25) is 0 Å². The Kier molecular flexibility index (Phi) is 2.96. The van der Waals surface area contributed by atoms with Gasteiger partial charge in [0.15, 0.2) is 6.73 Å². The lowest BCUT2D eigenvalue weighted by Gasteiger charge is -2.37. The van der Waals surface area contributed by atoms with Crippen molar-refractivity contribution in [3.05, 3.63) is 42.0 Å². The molecule has 0 spiro atoms. The number of aromatic amines is 1. The molecule has 24 heavy (non-hydrogen) atoms. The first-order chi connectivity index (χ1) is 11.7. The van der Waals surface area contributed by atoms with E-state index in [2.05, 4.69) is 52.5 Å². The van der Waals surface area contributed by atoms with Gasteiger partial charge in [0.05, 0.1) is 28.5 Å². The largest absolute Gasteiger partial charge is 0.478 e. The van der Waals surface area contributed by atoms with Crippen molar-refractivity contribution < 1.29 is 4.74 Å². The van der Waals surface area contributed by atoms with Crippen LogP contribution in [0.1, 0.15) is 37.4 Å². The van der Waals surface area contributed by atoms with Crippen molar-refractivity contribution in [1.82, 2.24) is 25.3 Å². The van der Waals surface area contributed by atoms with Crippen LogP contribution in [0.5, 0.6) is 0 Å². The zero-order valence-corrected chi connectivity index (χ0v) is 14.1. The predicted octanol–water partition coefficient (Wildman–Crippen LogP) is 2.24. The number of rotatable bonds is 3. The van der Waals surface area contributed by atoms with Gasteiger partial charge in [-0.05, 0) is 30.0 Å². The van der Waals surface area contributed by atoms with Gasteiger partial charge in [0, 0.05) is 25.3 Å². The number of nitrogens with zero attached hydrogens (tertiary/aromatic N) is 3. The molecule has 2 fully saturated rings. The second-order valence-electron chi connectivity index (χ2n) is 7.43. The van der Waals surface area contributed by atoms with Crippen molar-refractivity contribution in [2.24, 2.45) is 0 Å². The third-order valence-corrected chi connectivity index (χ3v) is 5.64. The van der Waals surface area contributed by atoms with E-state index in [0.29, 0.717) is 18.7 Å². The summed E-state index contributed by atoms with van der Waals surface area (Å²) in [7, 11) is 0. The fourth-order valence-electron chi connectivity index (χ4n) is 4.33. The van der Waals surface area contributed by atoms with E-state index in [1.807, 2.05) is 6.20 Å². The minimum absolute atomic E-state index is 0.0548. The second kappa shape index (κ2) is 4.97. The van der Waals surface area contributed by atoms with E-state index in [1.165, 1.54) is 5.56 Å². The van der Waals surface area contributed by atoms with Gasteiger partial charge in [0.1, 0.15) is 6.26 Å². The molecule has 2 unspecified atom stereocenters. The summed E-state index contributed by atoms with van der Waals surface area (Å²) in [6, 6.07) is 4.86. The standard InChI is InChI=1S/C18H23N5O/c1-12(2)14-9-19-15-3-4-16(21-17(14)15)18-7-13(8-20-18)23(10-18)22-5-6-24-11-22/h3-6,9,12-13,19-20H,7-8,10-11H2,1-2H3. The van der Waals surface area contributed by atoms with E-state index < -0.39 is 0 Å². The lowest BCUT2D eigenvalue weighted by atomic mass is 9.94. The van der Waals surface area contributed by atoms with Crippen LogP contribution in [-0.2, 0) is 10.3 Å². The van der Waals surface area contributed by atoms with E-state index in [4.69, 9.17) is 9.72 Å². The van der Waals surface area contributed by atoms with Gasteiger partial charge in [-0.25, -0.2) is 9.99 Å². The third kappa shape index (κ3) is 1.93. The molecule has 2 aromatic heterocycles. The van der Waals surface area contributed by atoms with Crippen LogP contribution >= 0.6 is 0 Å². The Balaban J connectivity index is 1.52. The van der Waals surface area contributed by atoms with E-state index in [-0.39, 0.29) is 5.54 Å². The number of H-pyrrole nitrogens is 1. The molecule has 0 aromatic carbocycles. The van der Waals surface area contributed by atoms with Gasteiger partial charge in [-0.15, -0.1) is 0 Å². The van der Waals surface area contributed by atoms with Crippen LogP contribution in [-0.4, -0.2) is 45.8 Å². The van der Waals surface area contributed by atoms with Crippen LogP contribution in [0.4, 0.5) is 0 Å². The van der Waals surface area contributed by atoms with Gasteiger partial charge in [-0.1, -0.05) is 13.8 Å². The van der Waals surface area contributed by atoms with Crippen LogP contribution in [0.25, 0.3) is 11.0 Å². The Labute approximate surface area is 141 Å². The molecule has 2 saturated heterocycles. The molecule has 2 bridgehead atoms. The molecular weight excluding hydrogens is 302 g/mol. The molecular formula is C18H23N5O. The molecule has 2 N–H and O–H groups in total. The van der Waals surface area contributed by atoms with Crippen molar-refractivity contribution in [1.29, 1.82) is 0 Å². The molecule has 0 radical (unpaired) electrons. The molecule has 0 amide bonds. The van der Waals surface area contributed by atoms with E-state index in [1.54, 1.807) is 6.26 Å². The summed E-state index contributed by atoms with van der Waals surface area (Å²) in [6.45, 7) is 6.99. The minimum atomic E-state index is -0.0548. The second-order valence-corrected chi connectivity index (χ2v) is 7.43. The minimum Gasteiger partial charge on any atom is -0.478 e. The van der Waals surface area contributed by atoms with Crippen LogP contribution in [0, 0.1) is 0 Å². The van der Waals surface area contributed by atoms with Gasteiger partial charge in [-0.3, -0.25) is 5.01 Å². The summed E-state index contributed by atoms with van der Waals surface area (Å²) in [6.07, 6.45) is 6.98. The first-order valence-electron chi connectivity index (χ1n) is 8.71. The number of hydrogen-bond donors (Lipinski definition) is 2. The zero-order chi connectivity index (χ0) is 16.3. The number of hydrazine groups is 1. The van der Waals surface area contributed by atoms with Crippen molar-refractivity contribution in [2.45, 2.75) is 37.8 Å². The number of nitrogens with one attached hydrogen (secondary N) is 2. The fraction of sp³-hybridized carbons (Fsp3) is 0.500. The summed E-state index contributed by atoms with van der Waals surface area (Å²) >= 11 is 0. The summed E-state index contributed by atoms with van der Waals surface area (Å²) in [5.74, 6) is 0.468. The van der Waals surface area contributed by atoms with Gasteiger partial charge < -0.3 is 15.0 Å². The lowest BCUT2D eigenvalue weighted by molar-refractivity contribution is -0.0455. The number of piperazine rings is 1. The topological polar surface area (TPSA) is 56.4 Å². The highest BCUT2D eigenvalue weighted by Crippen LogP contribution is 2.41. The van der Waals surface area contributed by atoms with E-state index in [0.717, 1.165) is 36.2 Å². The number of fused-ring (bicyclic) bond motifs is 3. The van der Waals surface area contributed by atoms with Crippen molar-refractivity contribution in [3.63, 3.8) is 0 Å². The van der Waals surface area contributed by atoms with Gasteiger partial charge in [0.2, 0.25) is 0 Å². The monoisotopic (exact) mass is 325 g/mol. The first kappa shape index (κ1) is 14.3. The SMILES string of the molecule is CC(C)c1c[nH]c2ccc(C34CC(CN3)N(N3C=COC3)C4)nc12. The maximum absolute atomic E-state index is 5.37. The Bertz CT molecular complexity index is 813. The van der Waals surface area contributed by atoms with Crippen molar-refractivity contribution >= 4 is 11.0 Å². The zero-order valence-electron chi connectivity index (χ0n) is 14.1. The number of aromatic nitrogens is 2. The third-order valence-electron chi connectivity index (χ3n) is 5.64. The molecule has 0 aliphatic carbocycles. The van der Waals surface area contributed by atoms with Crippen molar-refractivity contribution in [2.75, 3.05) is 19.8 Å². The summed E-state index contributed by atoms with van der Waals surface area (Å²) in [5.41, 5.74) is 4.64. The highest BCUT2D eigenvalue weighted by atomic mass is 16.5. The Morgan fingerprint density at radius 2 is 2.29 bits per heavy atom. The molecule has 0 saturated carbocycles. The number of ether oxygens (including phenoxy) is 1. The molecule has 6 nitrogen and oxygen atoms in total. The number of hydrogen-bond acceptors (Lipinski definition) is 5. The summed E-state index contributed by atoms with van der Waals surface area (Å²) in [4.78, 5) is 8.44. The van der Waals surface area contributed by atoms with Gasteiger partial charge in [-0.2, -0.15) is 0 Å². The summed E-state index contributed by atoms with van der Waals surface area (Å²) < 4.78 is 5.37. The quantitative estimate of drug-likeness (QED) is 0.906. The number of pyridine rings is 1. The summed E-state index contributed by atoms with van der Waals surface area (Å²) in [5, 5.41) is 8.34. The predicted molar refractivity (Wildman–Crippen MR) is 91.9 cm³/mol. The van der Waals surface area contributed by atoms with Crippen LogP contribution < -0.4 is 5.32 Å². The maximum Gasteiger partial charge on any atom is 0.173 e. The normalized spacial score (nSPS) is 29.3. The first-order valence-corrected chi connectivity index (χ1v) is 8.71. The lowest BCUT2D eigenvalue weighted by Crippen LogP contribution is -2.54. The smallest absolute Gasteiger partial charge is 0.173 e. The molecule has 5 rings (SSSR count). The molecule has 2 aromatic rings. The Morgan fingerprint density at radius 1 is 1.38 bits per heavy atom. The Hall–Kier alpha value is -2.05. The average Bonchev–Trinajstić information content (AvgIpc) is 3.35. The molecule has 5 heterocycles. The van der Waals surface area contributed by atoms with E-state index >= 15 is 0 Å². The average molecular weight is 325 g/mol. The van der Waals surface area contributed by atoms with E-state index in [9.17, 15) is 0 Å². The molecule has 3 aliphatic rings. The molecule has 3 aliphatic heterocycles. The van der Waals surface area contributed by atoms with Crippen molar-refractivity contribution in [3.8, 4) is 0 Å². The van der Waals surface area contributed by atoms with Crippen LogP contribution in [0.3, 0.4) is 0 Å². The van der Waals surface area contributed by atoms with Crippen LogP contribution in [0.15, 0.2) is 30.8 Å². The van der Waals surface area contributed by atoms with Gasteiger partial charge >= 0.3 is 0 Å². The molecule has 6 heteroatoms. The maximum atomic E-state index is 5.37. The van der Waals surface area contributed by atoms with Gasteiger partial charge in [0.25, 0.3) is 0 Å². The fourth-order valence-corrected chi connectivity index (χ4v) is 4.33. The Morgan fingerprint density at radius 3 is 3.08 bits per heavy atom. The molecule has 2 atom stereocenters. The molecule has 126 valence electrons. The highest BCUT2D eigenvalue weighted by Gasteiger charge is 2.53.